The second kappa shape index (κ2) is 10.1. The maximum absolute atomic E-state index is 13.4. The molecule has 3 heterocycles. The quantitative estimate of drug-likeness (QED) is 0.795. The second-order valence-corrected chi connectivity index (χ2v) is 8.55. The van der Waals surface area contributed by atoms with Crippen LogP contribution in [0.15, 0.2) is 48.8 Å². The number of likely N-dealkylation sites (tertiary alicyclic amines) is 2. The summed E-state index contributed by atoms with van der Waals surface area (Å²) >= 11 is 0. The minimum absolute atomic E-state index is 0.0701. The van der Waals surface area contributed by atoms with Gasteiger partial charge >= 0.3 is 0 Å². The van der Waals surface area contributed by atoms with Gasteiger partial charge in [0.05, 0.1) is 5.92 Å². The van der Waals surface area contributed by atoms with E-state index >= 15 is 0 Å². The molecule has 1 N–H and O–H groups in total. The van der Waals surface area contributed by atoms with Crippen molar-refractivity contribution in [1.82, 2.24) is 20.1 Å². The molecule has 0 bridgehead atoms. The summed E-state index contributed by atoms with van der Waals surface area (Å²) in [6.45, 7) is 5.34. The fourth-order valence-corrected chi connectivity index (χ4v) is 4.72. The Balaban J connectivity index is 1.23. The Morgan fingerprint density at radius 2 is 1.93 bits per heavy atom. The fourth-order valence-electron chi connectivity index (χ4n) is 4.72. The number of carbonyl (C=O) groups excluding carboxylic acids is 1. The van der Waals surface area contributed by atoms with Crippen LogP contribution >= 0.6 is 0 Å². The molecular formula is C24H31FN4O. The van der Waals surface area contributed by atoms with E-state index in [4.69, 9.17) is 0 Å². The van der Waals surface area contributed by atoms with Gasteiger partial charge in [0.2, 0.25) is 5.91 Å². The maximum Gasteiger partial charge on any atom is 0.224 e. The number of pyridine rings is 1. The first kappa shape index (κ1) is 20.9. The normalized spacial score (nSPS) is 21.4. The molecule has 2 aliphatic heterocycles. The smallest absolute Gasteiger partial charge is 0.224 e. The van der Waals surface area contributed by atoms with Crippen LogP contribution in [0.2, 0.25) is 0 Å². The molecule has 6 heteroatoms. The van der Waals surface area contributed by atoms with E-state index in [1.807, 2.05) is 18.2 Å². The van der Waals surface area contributed by atoms with E-state index in [1.54, 1.807) is 24.5 Å². The minimum atomic E-state index is -0.163. The average molecular weight is 411 g/mol. The Labute approximate surface area is 178 Å². The zero-order chi connectivity index (χ0) is 20.8. The molecule has 1 aromatic carbocycles. The molecule has 0 radical (unpaired) electrons. The van der Waals surface area contributed by atoms with E-state index in [2.05, 4.69) is 20.1 Å². The highest BCUT2D eigenvalue weighted by Crippen LogP contribution is 2.25. The summed E-state index contributed by atoms with van der Waals surface area (Å²) in [4.78, 5) is 21.7. The molecule has 1 amide bonds. The van der Waals surface area contributed by atoms with Gasteiger partial charge in [-0.15, -0.1) is 0 Å². The van der Waals surface area contributed by atoms with Gasteiger partial charge in [-0.05, 0) is 74.6 Å². The third kappa shape index (κ3) is 5.64. The fraction of sp³-hybridized carbons (Fsp3) is 0.500. The summed E-state index contributed by atoms with van der Waals surface area (Å²) in [6, 6.07) is 11.3. The van der Waals surface area contributed by atoms with Crippen molar-refractivity contribution in [2.75, 3.05) is 26.2 Å². The lowest BCUT2D eigenvalue weighted by Crippen LogP contribution is -2.50. The Kier molecular flexibility index (Phi) is 7.07. The van der Waals surface area contributed by atoms with E-state index in [9.17, 15) is 9.18 Å². The van der Waals surface area contributed by atoms with Gasteiger partial charge in [0.15, 0.2) is 0 Å². The highest BCUT2D eigenvalue weighted by molar-refractivity contribution is 5.78. The van der Waals surface area contributed by atoms with Crippen molar-refractivity contribution in [3.63, 3.8) is 0 Å². The topological polar surface area (TPSA) is 48.5 Å². The van der Waals surface area contributed by atoms with Crippen LogP contribution in [0, 0.1) is 11.7 Å². The lowest BCUT2D eigenvalue weighted by Gasteiger charge is -2.42. The van der Waals surface area contributed by atoms with Crippen molar-refractivity contribution >= 4 is 5.91 Å². The van der Waals surface area contributed by atoms with Crippen molar-refractivity contribution < 1.29 is 9.18 Å². The molecule has 2 aromatic rings. The number of nitrogens with zero attached hydrogens (tertiary/aromatic N) is 3. The van der Waals surface area contributed by atoms with E-state index in [-0.39, 0.29) is 17.6 Å². The van der Waals surface area contributed by atoms with Crippen LogP contribution in [0.1, 0.15) is 36.8 Å². The number of carbonyl (C=O) groups is 1. The number of amides is 1. The Morgan fingerprint density at radius 1 is 1.10 bits per heavy atom. The number of rotatable bonds is 6. The molecule has 1 atom stereocenters. The van der Waals surface area contributed by atoms with Crippen LogP contribution in [-0.2, 0) is 17.9 Å². The molecule has 2 fully saturated rings. The van der Waals surface area contributed by atoms with E-state index < -0.39 is 0 Å². The molecule has 0 aliphatic carbocycles. The van der Waals surface area contributed by atoms with Gasteiger partial charge in [0.25, 0.3) is 0 Å². The van der Waals surface area contributed by atoms with Gasteiger partial charge < -0.3 is 5.32 Å². The molecular weight excluding hydrogens is 379 g/mol. The van der Waals surface area contributed by atoms with Crippen molar-refractivity contribution in [1.29, 1.82) is 0 Å². The lowest BCUT2D eigenvalue weighted by atomic mass is 9.93. The molecule has 4 rings (SSSR count). The Morgan fingerprint density at radius 3 is 2.70 bits per heavy atom. The first-order chi connectivity index (χ1) is 14.7. The number of aromatic nitrogens is 1. The van der Waals surface area contributed by atoms with Gasteiger partial charge in [0, 0.05) is 38.1 Å². The lowest BCUT2D eigenvalue weighted by molar-refractivity contribution is -0.127. The highest BCUT2D eigenvalue weighted by Gasteiger charge is 2.31. The summed E-state index contributed by atoms with van der Waals surface area (Å²) in [7, 11) is 0. The molecule has 2 saturated heterocycles. The second-order valence-electron chi connectivity index (χ2n) is 8.55. The van der Waals surface area contributed by atoms with Crippen molar-refractivity contribution in [2.24, 2.45) is 5.92 Å². The molecule has 0 saturated carbocycles. The van der Waals surface area contributed by atoms with Crippen LogP contribution in [0.3, 0.4) is 0 Å². The maximum atomic E-state index is 13.4. The number of halogens is 1. The summed E-state index contributed by atoms with van der Waals surface area (Å²) in [5.41, 5.74) is 2.07. The molecule has 1 aromatic heterocycles. The number of benzene rings is 1. The molecule has 30 heavy (non-hydrogen) atoms. The number of hydrogen-bond acceptors (Lipinski definition) is 4. The van der Waals surface area contributed by atoms with Gasteiger partial charge in [-0.25, -0.2) is 4.39 Å². The van der Waals surface area contributed by atoms with Gasteiger partial charge in [-0.2, -0.15) is 0 Å². The molecule has 5 nitrogen and oxygen atoms in total. The predicted octanol–water partition coefficient (Wildman–Crippen LogP) is 3.21. The zero-order valence-electron chi connectivity index (χ0n) is 17.5. The third-order valence-electron chi connectivity index (χ3n) is 6.38. The summed E-state index contributed by atoms with van der Waals surface area (Å²) in [6.07, 6.45) is 7.81. The van der Waals surface area contributed by atoms with Crippen LogP contribution in [-0.4, -0.2) is 52.9 Å². The summed E-state index contributed by atoms with van der Waals surface area (Å²) in [5, 5.41) is 3.09. The molecule has 0 unspecified atom stereocenters. The Hall–Kier alpha value is -2.31. The summed E-state index contributed by atoms with van der Waals surface area (Å²) in [5.74, 6) is 0.0661. The average Bonchev–Trinajstić information content (AvgIpc) is 2.79. The van der Waals surface area contributed by atoms with E-state index in [0.29, 0.717) is 12.6 Å². The molecule has 2 aliphatic rings. The first-order valence-electron chi connectivity index (χ1n) is 11.0. The van der Waals surface area contributed by atoms with Gasteiger partial charge in [-0.1, -0.05) is 18.2 Å². The highest BCUT2D eigenvalue weighted by atomic mass is 19.1. The summed E-state index contributed by atoms with van der Waals surface area (Å²) < 4.78 is 13.4. The SMILES string of the molecule is O=C(NCc1cccnc1)[C@H]1CCCN(C2CCN(Cc3cccc(F)c3)CC2)C1. The van der Waals surface area contributed by atoms with Crippen molar-refractivity contribution in [3.05, 3.63) is 65.7 Å². The molecule has 160 valence electrons. The van der Waals surface area contributed by atoms with Crippen LogP contribution < -0.4 is 5.32 Å². The predicted molar refractivity (Wildman–Crippen MR) is 115 cm³/mol. The zero-order valence-corrected chi connectivity index (χ0v) is 17.5. The number of hydrogen-bond donors (Lipinski definition) is 1. The number of nitrogens with one attached hydrogen (secondary N) is 1. The Bertz CT molecular complexity index is 823. The van der Waals surface area contributed by atoms with E-state index in [1.165, 1.54) is 6.07 Å². The van der Waals surface area contributed by atoms with Gasteiger partial charge in [-0.3, -0.25) is 19.6 Å². The minimum Gasteiger partial charge on any atom is -0.352 e. The van der Waals surface area contributed by atoms with Crippen LogP contribution in [0.25, 0.3) is 0 Å². The third-order valence-corrected chi connectivity index (χ3v) is 6.38. The van der Waals surface area contributed by atoms with Crippen LogP contribution in [0.4, 0.5) is 4.39 Å². The largest absolute Gasteiger partial charge is 0.352 e. The van der Waals surface area contributed by atoms with E-state index in [0.717, 1.165) is 69.5 Å². The first-order valence-corrected chi connectivity index (χ1v) is 11.0. The van der Waals surface area contributed by atoms with Crippen molar-refractivity contribution in [2.45, 2.75) is 44.8 Å². The van der Waals surface area contributed by atoms with Gasteiger partial charge in [0.1, 0.15) is 5.82 Å². The molecule has 0 spiro atoms. The standard InChI is InChI=1S/C24H31FN4O/c25-22-7-1-4-19(14-22)17-28-12-8-23(9-13-28)29-11-3-6-21(18-29)24(30)27-16-20-5-2-10-26-15-20/h1-2,4-5,7,10,14-15,21,23H,3,6,8-9,11-13,16-18H2,(H,27,30)/t21-/m0/s1. The monoisotopic (exact) mass is 410 g/mol. The van der Waals surface area contributed by atoms with Crippen molar-refractivity contribution in [3.8, 4) is 0 Å². The van der Waals surface area contributed by atoms with Crippen LogP contribution in [0.5, 0.6) is 0 Å². The number of piperidine rings is 2.